The van der Waals surface area contributed by atoms with Crippen LogP contribution < -0.4 is 0 Å². The predicted molar refractivity (Wildman–Crippen MR) is 66.2 cm³/mol. The smallest absolute Gasteiger partial charge is 0.115 e. The second kappa shape index (κ2) is 3.80. The molecule has 0 amide bonds. The van der Waals surface area contributed by atoms with Gasteiger partial charge >= 0.3 is 0 Å². The molecule has 86 valence electrons. The van der Waals surface area contributed by atoms with Crippen molar-refractivity contribution in [1.82, 2.24) is 19.7 Å². The normalized spacial score (nSPS) is 14.4. The number of hydrogen-bond donors (Lipinski definition) is 0. The van der Waals surface area contributed by atoms with Gasteiger partial charge in [0.05, 0.1) is 0 Å². The summed E-state index contributed by atoms with van der Waals surface area (Å²) in [5, 5.41) is 4.59. The second-order valence-corrected chi connectivity index (χ2v) is 4.45. The number of fused-ring (bicyclic) bond motifs is 1. The van der Waals surface area contributed by atoms with E-state index in [0.29, 0.717) is 0 Å². The first-order valence-corrected chi connectivity index (χ1v) is 5.74. The highest BCUT2D eigenvalue weighted by atomic mass is 15.3. The average Bonchev–Trinajstić information content (AvgIpc) is 2.67. The van der Waals surface area contributed by atoms with Crippen molar-refractivity contribution in [3.8, 4) is 11.3 Å². The Kier molecular flexibility index (Phi) is 2.28. The van der Waals surface area contributed by atoms with E-state index in [1.807, 2.05) is 24.1 Å². The van der Waals surface area contributed by atoms with Gasteiger partial charge in [0.1, 0.15) is 12.0 Å². The lowest BCUT2D eigenvalue weighted by atomic mass is 9.95. The molecule has 17 heavy (non-hydrogen) atoms. The van der Waals surface area contributed by atoms with Gasteiger partial charge in [-0.15, -0.1) is 0 Å². The Labute approximate surface area is 100 Å². The second-order valence-electron chi connectivity index (χ2n) is 4.45. The molecule has 0 bridgehead atoms. The Morgan fingerprint density at radius 1 is 1.18 bits per heavy atom. The lowest BCUT2D eigenvalue weighted by Crippen LogP contribution is -2.02. The molecule has 0 saturated carbocycles. The van der Waals surface area contributed by atoms with Gasteiger partial charge in [-0.1, -0.05) is 11.6 Å². The van der Waals surface area contributed by atoms with E-state index in [1.165, 1.54) is 16.8 Å². The summed E-state index contributed by atoms with van der Waals surface area (Å²) in [5.74, 6) is 0. The van der Waals surface area contributed by atoms with Crippen LogP contribution in [0.3, 0.4) is 0 Å². The fourth-order valence-corrected chi connectivity index (χ4v) is 2.29. The van der Waals surface area contributed by atoms with Gasteiger partial charge in [-0.3, -0.25) is 4.68 Å². The van der Waals surface area contributed by atoms with Crippen molar-refractivity contribution in [3.63, 3.8) is 0 Å². The number of aryl methyl sites for hydroxylation is 1. The van der Waals surface area contributed by atoms with E-state index in [9.17, 15) is 0 Å². The molecule has 0 atom stereocenters. The van der Waals surface area contributed by atoms with Gasteiger partial charge in [-0.25, -0.2) is 9.97 Å². The molecule has 0 saturated heterocycles. The summed E-state index contributed by atoms with van der Waals surface area (Å²) in [6.45, 7) is 2.17. The first-order chi connectivity index (χ1) is 8.25. The van der Waals surface area contributed by atoms with Crippen LogP contribution in [0.25, 0.3) is 17.3 Å². The lowest BCUT2D eigenvalue weighted by Gasteiger charge is -2.11. The van der Waals surface area contributed by atoms with Crippen LogP contribution in [0.4, 0.5) is 0 Å². The van der Waals surface area contributed by atoms with Crippen molar-refractivity contribution in [1.29, 1.82) is 0 Å². The molecule has 2 aromatic rings. The van der Waals surface area contributed by atoms with Crippen molar-refractivity contribution in [2.45, 2.75) is 19.8 Å². The minimum atomic E-state index is 0.982. The number of allylic oxidation sites excluding steroid dienone is 1. The first-order valence-electron chi connectivity index (χ1n) is 5.74. The molecule has 0 aliphatic heterocycles. The summed E-state index contributed by atoms with van der Waals surface area (Å²) in [6.07, 6.45) is 9.58. The number of hydrogen-bond acceptors (Lipinski definition) is 3. The van der Waals surface area contributed by atoms with Crippen LogP contribution in [-0.4, -0.2) is 19.7 Å². The van der Waals surface area contributed by atoms with Gasteiger partial charge in [0.2, 0.25) is 0 Å². The zero-order valence-electron chi connectivity index (χ0n) is 10.0. The summed E-state index contributed by atoms with van der Waals surface area (Å²) in [6, 6.07) is 0. The fourth-order valence-electron chi connectivity index (χ4n) is 2.29. The molecule has 2 heterocycles. The van der Waals surface area contributed by atoms with Gasteiger partial charge < -0.3 is 0 Å². The first kappa shape index (κ1) is 10.2. The molecule has 0 radical (unpaired) electrons. The Morgan fingerprint density at radius 3 is 2.71 bits per heavy atom. The average molecular weight is 226 g/mol. The molecule has 3 rings (SSSR count). The zero-order chi connectivity index (χ0) is 11.8. The van der Waals surface area contributed by atoms with E-state index in [2.05, 4.69) is 28.1 Å². The van der Waals surface area contributed by atoms with Crippen molar-refractivity contribution in [2.24, 2.45) is 7.05 Å². The molecule has 0 fully saturated rings. The molecule has 2 aromatic heterocycles. The minimum absolute atomic E-state index is 0.982. The van der Waals surface area contributed by atoms with Crippen LogP contribution in [0.2, 0.25) is 0 Å². The van der Waals surface area contributed by atoms with Gasteiger partial charge in [-0.05, 0) is 19.8 Å². The van der Waals surface area contributed by atoms with Crippen LogP contribution in [0.5, 0.6) is 0 Å². The third-order valence-electron chi connectivity index (χ3n) is 3.19. The van der Waals surface area contributed by atoms with Gasteiger partial charge in [0.25, 0.3) is 0 Å². The van der Waals surface area contributed by atoms with Crippen LogP contribution in [0.15, 0.2) is 24.3 Å². The quantitative estimate of drug-likeness (QED) is 0.749. The highest BCUT2D eigenvalue weighted by Gasteiger charge is 2.19. The molecule has 1 aliphatic rings. The van der Waals surface area contributed by atoms with Crippen LogP contribution in [-0.2, 0) is 13.5 Å². The third-order valence-corrected chi connectivity index (χ3v) is 3.19. The van der Waals surface area contributed by atoms with Crippen molar-refractivity contribution in [2.75, 3.05) is 0 Å². The molecular weight excluding hydrogens is 212 g/mol. The number of rotatable bonds is 1. The standard InChI is InChI=1S/C13H14N4/c1-9-3-4-12-11(5-9)13(16-17(12)2)10-6-14-8-15-7-10/h5-8H,3-4H2,1-2H3. The topological polar surface area (TPSA) is 43.6 Å². The molecule has 0 aromatic carbocycles. The Balaban J connectivity index is 2.21. The highest BCUT2D eigenvalue weighted by Crippen LogP contribution is 2.31. The van der Waals surface area contributed by atoms with E-state index < -0.39 is 0 Å². The van der Waals surface area contributed by atoms with E-state index in [1.54, 1.807) is 6.33 Å². The van der Waals surface area contributed by atoms with Gasteiger partial charge in [0, 0.05) is 36.3 Å². The monoisotopic (exact) mass is 226 g/mol. The summed E-state index contributed by atoms with van der Waals surface area (Å²) in [5.41, 5.74) is 5.90. The zero-order valence-corrected chi connectivity index (χ0v) is 10.0. The maximum atomic E-state index is 4.59. The van der Waals surface area contributed by atoms with E-state index >= 15 is 0 Å². The maximum absolute atomic E-state index is 4.59. The van der Waals surface area contributed by atoms with E-state index in [4.69, 9.17) is 0 Å². The van der Waals surface area contributed by atoms with Crippen LogP contribution in [0, 0.1) is 0 Å². The Morgan fingerprint density at radius 2 is 1.94 bits per heavy atom. The highest BCUT2D eigenvalue weighted by molar-refractivity contribution is 5.74. The van der Waals surface area contributed by atoms with Crippen molar-refractivity contribution < 1.29 is 0 Å². The number of nitrogens with zero attached hydrogens (tertiary/aromatic N) is 4. The van der Waals surface area contributed by atoms with Gasteiger partial charge in [0.15, 0.2) is 0 Å². The third kappa shape index (κ3) is 1.65. The molecule has 4 heteroatoms. The van der Waals surface area contributed by atoms with Crippen LogP contribution >= 0.6 is 0 Å². The molecular formula is C13H14N4. The number of aromatic nitrogens is 4. The molecule has 0 spiro atoms. The summed E-state index contributed by atoms with van der Waals surface area (Å²) < 4.78 is 1.97. The molecule has 0 unspecified atom stereocenters. The van der Waals surface area contributed by atoms with Crippen molar-refractivity contribution >= 4 is 6.08 Å². The maximum Gasteiger partial charge on any atom is 0.115 e. The summed E-state index contributed by atoms with van der Waals surface area (Å²) >= 11 is 0. The van der Waals surface area contributed by atoms with Gasteiger partial charge in [-0.2, -0.15) is 5.10 Å². The molecule has 4 nitrogen and oxygen atoms in total. The van der Waals surface area contributed by atoms with Crippen LogP contribution in [0.1, 0.15) is 24.6 Å². The lowest BCUT2D eigenvalue weighted by molar-refractivity contribution is 0.700. The van der Waals surface area contributed by atoms with Crippen molar-refractivity contribution in [3.05, 3.63) is 35.6 Å². The Bertz CT molecular complexity index is 581. The largest absolute Gasteiger partial charge is 0.271 e. The summed E-state index contributed by atoms with van der Waals surface area (Å²) in [4.78, 5) is 8.11. The minimum Gasteiger partial charge on any atom is -0.271 e. The fraction of sp³-hybridized carbons (Fsp3) is 0.308. The summed E-state index contributed by atoms with van der Waals surface area (Å²) in [7, 11) is 2.00. The molecule has 0 N–H and O–H groups in total. The predicted octanol–water partition coefficient (Wildman–Crippen LogP) is 2.23. The van der Waals surface area contributed by atoms with E-state index in [0.717, 1.165) is 24.1 Å². The van der Waals surface area contributed by atoms with E-state index in [-0.39, 0.29) is 0 Å². The Hall–Kier alpha value is -1.97. The SMILES string of the molecule is CC1=Cc2c(-c3cncnc3)nn(C)c2CC1. The molecule has 1 aliphatic carbocycles.